The van der Waals surface area contributed by atoms with Crippen molar-refractivity contribution in [2.75, 3.05) is 38.1 Å². The van der Waals surface area contributed by atoms with Gasteiger partial charge in [0.25, 0.3) is 0 Å². The number of rotatable bonds is 3. The molecule has 1 aliphatic rings. The molecule has 172 valence electrons. The van der Waals surface area contributed by atoms with Crippen molar-refractivity contribution in [1.29, 1.82) is 0 Å². The summed E-state index contributed by atoms with van der Waals surface area (Å²) < 4.78 is 0. The van der Waals surface area contributed by atoms with Crippen LogP contribution in [0.15, 0.2) is 78.9 Å². The molecule has 1 fully saturated rings. The van der Waals surface area contributed by atoms with E-state index >= 15 is 0 Å². The fourth-order valence-corrected chi connectivity index (χ4v) is 5.11. The highest BCUT2D eigenvalue weighted by Gasteiger charge is 2.16. The van der Waals surface area contributed by atoms with Gasteiger partial charge in [0.2, 0.25) is 0 Å². The van der Waals surface area contributed by atoms with Gasteiger partial charge in [-0.2, -0.15) is 0 Å². The van der Waals surface area contributed by atoms with E-state index < -0.39 is 0 Å². The highest BCUT2D eigenvalue weighted by atomic mass is 15.2. The molecule has 2 aromatic heterocycles. The van der Waals surface area contributed by atoms with E-state index in [1.165, 1.54) is 16.5 Å². The number of likely N-dealkylation sites (N-methyl/N-ethyl adjacent to an activating group) is 1. The molecule has 0 radical (unpaired) electrons. The Morgan fingerprint density at radius 1 is 0.686 bits per heavy atom. The molecule has 1 saturated heterocycles. The number of aromatic nitrogens is 4. The molecule has 2 N–H and O–H groups in total. The predicted octanol–water partition coefficient (Wildman–Crippen LogP) is 5.68. The molecule has 7 rings (SSSR count). The normalized spacial score (nSPS) is 14.9. The van der Waals surface area contributed by atoms with Gasteiger partial charge in [0.1, 0.15) is 11.6 Å². The van der Waals surface area contributed by atoms with Gasteiger partial charge in [-0.05, 0) is 54.2 Å². The lowest BCUT2D eigenvalue weighted by Crippen LogP contribution is -2.44. The summed E-state index contributed by atoms with van der Waals surface area (Å²) in [5, 5.41) is 2.41. The highest BCUT2D eigenvalue weighted by Crippen LogP contribution is 2.30. The lowest BCUT2D eigenvalue weighted by Gasteiger charge is -2.34. The first kappa shape index (κ1) is 20.2. The van der Waals surface area contributed by atoms with Crippen molar-refractivity contribution in [3.63, 3.8) is 0 Å². The summed E-state index contributed by atoms with van der Waals surface area (Å²) in [6.45, 7) is 4.30. The molecule has 6 nitrogen and oxygen atoms in total. The topological polar surface area (TPSA) is 63.8 Å². The van der Waals surface area contributed by atoms with Crippen LogP contribution in [0.5, 0.6) is 0 Å². The summed E-state index contributed by atoms with van der Waals surface area (Å²) in [7, 11) is 2.18. The van der Waals surface area contributed by atoms with Crippen LogP contribution in [0, 0.1) is 0 Å². The van der Waals surface area contributed by atoms with Crippen molar-refractivity contribution < 1.29 is 0 Å². The smallest absolute Gasteiger partial charge is 0.139 e. The third-order valence-corrected chi connectivity index (χ3v) is 7.13. The minimum Gasteiger partial charge on any atom is -0.369 e. The first-order valence-corrected chi connectivity index (χ1v) is 12.1. The Morgan fingerprint density at radius 2 is 1.40 bits per heavy atom. The predicted molar refractivity (Wildman–Crippen MR) is 144 cm³/mol. The number of anilines is 1. The van der Waals surface area contributed by atoms with Crippen LogP contribution in [-0.2, 0) is 0 Å². The number of piperazine rings is 1. The molecular formula is C29H26N6. The summed E-state index contributed by atoms with van der Waals surface area (Å²) >= 11 is 0. The Bertz CT molecular complexity index is 1680. The molecule has 3 heterocycles. The molecule has 0 atom stereocenters. The van der Waals surface area contributed by atoms with Gasteiger partial charge in [-0.3, -0.25) is 0 Å². The van der Waals surface area contributed by atoms with Crippen LogP contribution in [0.1, 0.15) is 0 Å². The van der Waals surface area contributed by atoms with Crippen molar-refractivity contribution in [1.82, 2.24) is 24.8 Å². The van der Waals surface area contributed by atoms with Crippen LogP contribution in [0.3, 0.4) is 0 Å². The van der Waals surface area contributed by atoms with Gasteiger partial charge in [-0.15, -0.1) is 0 Å². The standard InChI is InChI=1S/C29H26N6/c1-34-13-15-35(16-14-34)21-10-12-25-27(18-21)32-28(30-25)20-9-11-24-26(17-20)33-29(31-24)23-8-4-6-19-5-2-3-7-22(19)23/h2-12,17-18H,13-16H2,1H3,(H,30,32)(H,31,33). The van der Waals surface area contributed by atoms with Crippen molar-refractivity contribution in [3.05, 3.63) is 78.9 Å². The summed E-state index contributed by atoms with van der Waals surface area (Å²) in [6, 6.07) is 27.6. The molecule has 6 heteroatoms. The molecule has 0 spiro atoms. The van der Waals surface area contributed by atoms with Gasteiger partial charge in [-0.1, -0.05) is 42.5 Å². The summed E-state index contributed by atoms with van der Waals surface area (Å²) in [5.41, 5.74) is 7.42. The number of nitrogens with one attached hydrogen (secondary N) is 2. The molecule has 4 aromatic carbocycles. The summed E-state index contributed by atoms with van der Waals surface area (Å²) in [5.74, 6) is 1.76. The number of hydrogen-bond donors (Lipinski definition) is 2. The maximum atomic E-state index is 4.88. The van der Waals surface area contributed by atoms with Gasteiger partial charge in [0, 0.05) is 43.0 Å². The van der Waals surface area contributed by atoms with E-state index in [0.717, 1.165) is 71.0 Å². The Balaban J connectivity index is 1.24. The van der Waals surface area contributed by atoms with Crippen molar-refractivity contribution in [3.8, 4) is 22.8 Å². The van der Waals surface area contributed by atoms with Gasteiger partial charge in [0.05, 0.1) is 22.1 Å². The van der Waals surface area contributed by atoms with E-state index in [2.05, 4.69) is 106 Å². The number of fused-ring (bicyclic) bond motifs is 3. The number of imidazole rings is 2. The van der Waals surface area contributed by atoms with Crippen LogP contribution in [-0.4, -0.2) is 58.1 Å². The van der Waals surface area contributed by atoms with Crippen molar-refractivity contribution in [2.45, 2.75) is 0 Å². The van der Waals surface area contributed by atoms with Crippen LogP contribution in [0.25, 0.3) is 55.6 Å². The largest absolute Gasteiger partial charge is 0.369 e. The Hall–Kier alpha value is -4.16. The van der Waals surface area contributed by atoms with E-state index in [4.69, 9.17) is 9.97 Å². The van der Waals surface area contributed by atoms with E-state index in [0.29, 0.717) is 0 Å². The Labute approximate surface area is 203 Å². The minimum absolute atomic E-state index is 0.874. The van der Waals surface area contributed by atoms with E-state index in [1.54, 1.807) is 0 Å². The molecule has 35 heavy (non-hydrogen) atoms. The van der Waals surface area contributed by atoms with Crippen LogP contribution >= 0.6 is 0 Å². The maximum absolute atomic E-state index is 4.88. The third kappa shape index (κ3) is 3.54. The maximum Gasteiger partial charge on any atom is 0.139 e. The zero-order valence-corrected chi connectivity index (χ0v) is 19.6. The van der Waals surface area contributed by atoms with Crippen LogP contribution in [0.4, 0.5) is 5.69 Å². The quantitative estimate of drug-likeness (QED) is 0.358. The van der Waals surface area contributed by atoms with Crippen LogP contribution < -0.4 is 4.90 Å². The fraction of sp³-hybridized carbons (Fsp3) is 0.172. The Kier molecular flexibility index (Phi) is 4.60. The number of benzene rings is 4. The third-order valence-electron chi connectivity index (χ3n) is 7.13. The van der Waals surface area contributed by atoms with E-state index in [9.17, 15) is 0 Å². The van der Waals surface area contributed by atoms with E-state index in [-0.39, 0.29) is 0 Å². The second-order valence-electron chi connectivity index (χ2n) is 9.42. The molecule has 0 aliphatic carbocycles. The first-order valence-electron chi connectivity index (χ1n) is 12.1. The zero-order chi connectivity index (χ0) is 23.4. The molecular weight excluding hydrogens is 432 g/mol. The molecule has 6 aromatic rings. The van der Waals surface area contributed by atoms with Gasteiger partial charge >= 0.3 is 0 Å². The number of nitrogens with zero attached hydrogens (tertiary/aromatic N) is 4. The van der Waals surface area contributed by atoms with Gasteiger partial charge < -0.3 is 19.8 Å². The number of hydrogen-bond acceptors (Lipinski definition) is 4. The van der Waals surface area contributed by atoms with Crippen LogP contribution in [0.2, 0.25) is 0 Å². The van der Waals surface area contributed by atoms with E-state index in [1.807, 2.05) is 0 Å². The second kappa shape index (κ2) is 7.96. The summed E-state index contributed by atoms with van der Waals surface area (Å²) in [6.07, 6.45) is 0. The molecule has 0 unspecified atom stereocenters. The lowest BCUT2D eigenvalue weighted by atomic mass is 10.0. The van der Waals surface area contributed by atoms with Gasteiger partial charge in [-0.25, -0.2) is 9.97 Å². The zero-order valence-electron chi connectivity index (χ0n) is 19.6. The Morgan fingerprint density at radius 3 is 2.29 bits per heavy atom. The SMILES string of the molecule is CN1CCN(c2ccc3nc(-c4ccc5nc(-c6cccc7ccccc67)[nH]c5c4)[nH]c3c2)CC1. The lowest BCUT2D eigenvalue weighted by molar-refractivity contribution is 0.313. The highest BCUT2D eigenvalue weighted by molar-refractivity contribution is 5.97. The van der Waals surface area contributed by atoms with Crippen molar-refractivity contribution in [2.24, 2.45) is 0 Å². The average molecular weight is 459 g/mol. The number of aromatic amines is 2. The minimum atomic E-state index is 0.874. The molecule has 0 amide bonds. The molecule has 1 aliphatic heterocycles. The van der Waals surface area contributed by atoms with Gasteiger partial charge in [0.15, 0.2) is 0 Å². The molecule has 0 bridgehead atoms. The summed E-state index contributed by atoms with van der Waals surface area (Å²) in [4.78, 5) is 21.7. The first-order chi connectivity index (χ1) is 17.2. The van der Waals surface area contributed by atoms with Crippen molar-refractivity contribution >= 4 is 38.5 Å². The second-order valence-corrected chi connectivity index (χ2v) is 9.42. The fourth-order valence-electron chi connectivity index (χ4n) is 5.11. The monoisotopic (exact) mass is 458 g/mol. The number of H-pyrrole nitrogens is 2. The molecule has 0 saturated carbocycles. The average Bonchev–Trinajstić information content (AvgIpc) is 3.52.